The molecule has 0 unspecified atom stereocenters. The van der Waals surface area contributed by atoms with E-state index in [4.69, 9.17) is 15.1 Å². The van der Waals surface area contributed by atoms with Gasteiger partial charge in [-0.15, -0.1) is 0 Å². The Hall–Kier alpha value is -3.13. The summed E-state index contributed by atoms with van der Waals surface area (Å²) in [5.41, 5.74) is 0.478. The molecular weight excluding hydrogens is 273 g/mol. The van der Waals surface area contributed by atoms with Crippen molar-refractivity contribution in [1.82, 2.24) is 0 Å². The normalized spacial score (nSPS) is 10.3. The van der Waals surface area contributed by atoms with E-state index in [1.54, 1.807) is 30.3 Å². The Morgan fingerprint density at radius 3 is 2.71 bits per heavy atom. The van der Waals surface area contributed by atoms with Gasteiger partial charge in [-0.2, -0.15) is 5.26 Å². The van der Waals surface area contributed by atoms with Gasteiger partial charge in [0.05, 0.1) is 5.56 Å². The summed E-state index contributed by atoms with van der Waals surface area (Å²) >= 11 is 0. The second-order valence-electron chi connectivity index (χ2n) is 4.06. The lowest BCUT2D eigenvalue weighted by Crippen LogP contribution is -1.91. The Bertz CT molecular complexity index is 747. The largest absolute Gasteiger partial charge is 0.478 e. The van der Waals surface area contributed by atoms with Gasteiger partial charge in [0.15, 0.2) is 0 Å². The Kier molecular flexibility index (Phi) is 4.32. The van der Waals surface area contributed by atoms with Crippen molar-refractivity contribution in [3.05, 3.63) is 65.5 Å². The molecule has 0 atom stereocenters. The molecule has 1 N–H and O–H groups in total. The van der Waals surface area contributed by atoms with Gasteiger partial charge in [0.1, 0.15) is 23.4 Å². The number of benzene rings is 2. The van der Waals surface area contributed by atoms with Crippen LogP contribution < -0.4 is 4.74 Å². The highest BCUT2D eigenvalue weighted by molar-refractivity contribution is 5.85. The van der Waals surface area contributed by atoms with Crippen molar-refractivity contribution in [3.63, 3.8) is 0 Å². The molecule has 2 aromatic rings. The molecule has 2 aromatic carbocycles. The maximum absolute atomic E-state index is 13.5. The van der Waals surface area contributed by atoms with Gasteiger partial charge in [-0.25, -0.2) is 9.18 Å². The van der Waals surface area contributed by atoms with Crippen molar-refractivity contribution in [1.29, 1.82) is 5.26 Å². The lowest BCUT2D eigenvalue weighted by Gasteiger charge is -2.09. The fourth-order valence-corrected chi connectivity index (χ4v) is 1.65. The highest BCUT2D eigenvalue weighted by Gasteiger charge is 2.06. The molecule has 2 rings (SSSR count). The number of hydrogen-bond donors (Lipinski definition) is 1. The molecule has 0 aliphatic carbocycles. The van der Waals surface area contributed by atoms with Crippen LogP contribution in [0.2, 0.25) is 0 Å². The fraction of sp³-hybridized carbons (Fsp3) is 0. The van der Waals surface area contributed by atoms with Gasteiger partial charge in [-0.3, -0.25) is 0 Å². The number of rotatable bonds is 4. The summed E-state index contributed by atoms with van der Waals surface area (Å²) in [4.78, 5) is 10.5. The number of carboxylic acids is 1. The SMILES string of the molecule is N#Cc1ccc(Oc2ccccc2/C=C/C(=O)O)cc1F. The van der Waals surface area contributed by atoms with E-state index in [1.807, 2.05) is 0 Å². The topological polar surface area (TPSA) is 70.3 Å². The van der Waals surface area contributed by atoms with Crippen LogP contribution in [0.25, 0.3) is 6.08 Å². The van der Waals surface area contributed by atoms with Crippen LogP contribution in [0, 0.1) is 17.1 Å². The quantitative estimate of drug-likeness (QED) is 0.870. The van der Waals surface area contributed by atoms with Crippen LogP contribution in [-0.2, 0) is 4.79 Å². The van der Waals surface area contributed by atoms with E-state index in [-0.39, 0.29) is 11.3 Å². The molecule has 0 spiro atoms. The van der Waals surface area contributed by atoms with Crippen LogP contribution in [-0.4, -0.2) is 11.1 Å². The van der Waals surface area contributed by atoms with Crippen LogP contribution in [0.4, 0.5) is 4.39 Å². The number of ether oxygens (including phenoxy) is 1. The summed E-state index contributed by atoms with van der Waals surface area (Å²) in [6.45, 7) is 0. The minimum absolute atomic E-state index is 0.0681. The first-order valence-electron chi connectivity index (χ1n) is 5.97. The third-order valence-corrected chi connectivity index (χ3v) is 2.61. The zero-order chi connectivity index (χ0) is 15.2. The average molecular weight is 283 g/mol. The molecule has 0 aromatic heterocycles. The fourth-order valence-electron chi connectivity index (χ4n) is 1.65. The zero-order valence-electron chi connectivity index (χ0n) is 10.8. The third-order valence-electron chi connectivity index (χ3n) is 2.61. The summed E-state index contributed by atoms with van der Waals surface area (Å²) in [5, 5.41) is 17.3. The van der Waals surface area contributed by atoms with Crippen LogP contribution >= 0.6 is 0 Å². The predicted octanol–water partition coefficient (Wildman–Crippen LogP) is 3.59. The van der Waals surface area contributed by atoms with E-state index in [0.717, 1.165) is 12.1 Å². The van der Waals surface area contributed by atoms with Gasteiger partial charge in [0.25, 0.3) is 0 Å². The number of para-hydroxylation sites is 1. The Morgan fingerprint density at radius 2 is 2.05 bits per heavy atom. The molecule has 0 bridgehead atoms. The Morgan fingerprint density at radius 1 is 1.29 bits per heavy atom. The van der Waals surface area contributed by atoms with Crippen LogP contribution in [0.5, 0.6) is 11.5 Å². The summed E-state index contributed by atoms with van der Waals surface area (Å²) in [6.07, 6.45) is 2.37. The van der Waals surface area contributed by atoms with Crippen molar-refractivity contribution in [2.24, 2.45) is 0 Å². The summed E-state index contributed by atoms with van der Waals surface area (Å²) in [7, 11) is 0. The smallest absolute Gasteiger partial charge is 0.328 e. The van der Waals surface area contributed by atoms with Crippen LogP contribution in [0.1, 0.15) is 11.1 Å². The molecule has 0 aliphatic rings. The molecule has 4 nitrogen and oxygen atoms in total. The van der Waals surface area contributed by atoms with E-state index in [9.17, 15) is 9.18 Å². The predicted molar refractivity (Wildman–Crippen MR) is 74.3 cm³/mol. The average Bonchev–Trinajstić information content (AvgIpc) is 2.46. The van der Waals surface area contributed by atoms with Gasteiger partial charge in [-0.05, 0) is 24.3 Å². The van der Waals surface area contributed by atoms with Crippen molar-refractivity contribution < 1.29 is 19.0 Å². The Labute approximate surface area is 120 Å². The summed E-state index contributed by atoms with van der Waals surface area (Å²) < 4.78 is 19.0. The third kappa shape index (κ3) is 3.67. The Balaban J connectivity index is 2.30. The lowest BCUT2D eigenvalue weighted by molar-refractivity contribution is -0.131. The molecule has 21 heavy (non-hydrogen) atoms. The van der Waals surface area contributed by atoms with Gasteiger partial charge < -0.3 is 9.84 Å². The molecule has 0 heterocycles. The molecule has 0 saturated heterocycles. The first-order chi connectivity index (χ1) is 10.1. The standard InChI is InChI=1S/C16H10FNO3/c17-14-9-13(7-5-12(14)10-18)21-15-4-2-1-3-11(15)6-8-16(19)20/h1-9H,(H,19,20)/b8-6+. The molecule has 5 heteroatoms. The first-order valence-corrected chi connectivity index (χ1v) is 5.97. The van der Waals surface area contributed by atoms with Gasteiger partial charge in [-0.1, -0.05) is 18.2 Å². The lowest BCUT2D eigenvalue weighted by atomic mass is 10.2. The first kappa shape index (κ1) is 14.3. The number of halogens is 1. The van der Waals surface area contributed by atoms with Gasteiger partial charge in [0, 0.05) is 17.7 Å². The molecule has 0 fully saturated rings. The molecule has 0 aliphatic heterocycles. The number of carboxylic acid groups (broad SMARTS) is 1. The maximum atomic E-state index is 13.5. The summed E-state index contributed by atoms with van der Waals surface area (Å²) in [6, 6.07) is 12.4. The van der Waals surface area contributed by atoms with Crippen LogP contribution in [0.3, 0.4) is 0 Å². The van der Waals surface area contributed by atoms with Crippen molar-refractivity contribution in [2.45, 2.75) is 0 Å². The zero-order valence-corrected chi connectivity index (χ0v) is 10.8. The number of nitriles is 1. The second kappa shape index (κ2) is 6.35. The molecule has 104 valence electrons. The van der Waals surface area contributed by atoms with E-state index in [2.05, 4.69) is 0 Å². The number of hydrogen-bond acceptors (Lipinski definition) is 3. The summed E-state index contributed by atoms with van der Waals surface area (Å²) in [5.74, 6) is -1.13. The minimum atomic E-state index is -1.07. The van der Waals surface area contributed by atoms with Crippen LogP contribution in [0.15, 0.2) is 48.5 Å². The molecule has 0 radical (unpaired) electrons. The van der Waals surface area contributed by atoms with E-state index >= 15 is 0 Å². The van der Waals surface area contributed by atoms with E-state index in [1.165, 1.54) is 18.2 Å². The van der Waals surface area contributed by atoms with Gasteiger partial charge in [0.2, 0.25) is 0 Å². The van der Waals surface area contributed by atoms with Crippen molar-refractivity contribution in [3.8, 4) is 17.6 Å². The number of carbonyl (C=O) groups is 1. The molecule has 0 saturated carbocycles. The minimum Gasteiger partial charge on any atom is -0.478 e. The monoisotopic (exact) mass is 283 g/mol. The highest BCUT2D eigenvalue weighted by atomic mass is 19.1. The molecule has 0 amide bonds. The second-order valence-corrected chi connectivity index (χ2v) is 4.06. The highest BCUT2D eigenvalue weighted by Crippen LogP contribution is 2.27. The van der Waals surface area contributed by atoms with Crippen molar-refractivity contribution in [2.75, 3.05) is 0 Å². The van der Waals surface area contributed by atoms with E-state index in [0.29, 0.717) is 11.3 Å². The van der Waals surface area contributed by atoms with Gasteiger partial charge >= 0.3 is 5.97 Å². The van der Waals surface area contributed by atoms with E-state index < -0.39 is 11.8 Å². The maximum Gasteiger partial charge on any atom is 0.328 e. The number of nitrogens with zero attached hydrogens (tertiary/aromatic N) is 1. The number of aliphatic carboxylic acids is 1. The van der Waals surface area contributed by atoms with Crippen molar-refractivity contribution >= 4 is 12.0 Å². The molecular formula is C16H10FNO3.